The van der Waals surface area contributed by atoms with Crippen molar-refractivity contribution in [2.24, 2.45) is 11.8 Å². The summed E-state index contributed by atoms with van der Waals surface area (Å²) in [5.74, 6) is -3.15. The molecular weight excluding hydrogens is 228 g/mol. The summed E-state index contributed by atoms with van der Waals surface area (Å²) in [5, 5.41) is 8.77. The zero-order valence-corrected chi connectivity index (χ0v) is 10.3. The third-order valence-electron chi connectivity index (χ3n) is 2.52. The third kappa shape index (κ3) is 5.89. The first kappa shape index (κ1) is 15.4. The number of hydrogen-bond donors (Lipinski definition) is 1. The Bertz CT molecular complexity index is 286. The fraction of sp³-hybridized carbons (Fsp3) is 0.727. The van der Waals surface area contributed by atoms with Crippen molar-refractivity contribution in [2.45, 2.75) is 26.2 Å². The molecule has 0 aromatic carbocycles. The fourth-order valence-electron chi connectivity index (χ4n) is 1.42. The van der Waals surface area contributed by atoms with Crippen molar-refractivity contribution in [1.29, 1.82) is 0 Å². The van der Waals surface area contributed by atoms with Crippen LogP contribution in [-0.2, 0) is 23.9 Å². The van der Waals surface area contributed by atoms with Gasteiger partial charge in [0, 0.05) is 6.42 Å². The first-order chi connectivity index (χ1) is 7.92. The number of esters is 2. The highest BCUT2D eigenvalue weighted by atomic mass is 16.5. The van der Waals surface area contributed by atoms with Crippen molar-refractivity contribution in [3.05, 3.63) is 0 Å². The molecule has 0 spiro atoms. The minimum absolute atomic E-state index is 0.0720. The predicted octanol–water partition coefficient (Wildman–Crippen LogP) is 0.840. The molecule has 0 fully saturated rings. The Hall–Kier alpha value is -1.59. The van der Waals surface area contributed by atoms with Crippen molar-refractivity contribution >= 4 is 17.9 Å². The summed E-state index contributed by atoms with van der Waals surface area (Å²) >= 11 is 0. The van der Waals surface area contributed by atoms with Crippen LogP contribution in [0.1, 0.15) is 26.2 Å². The van der Waals surface area contributed by atoms with Crippen molar-refractivity contribution in [3.8, 4) is 0 Å². The fourth-order valence-corrected chi connectivity index (χ4v) is 1.42. The molecule has 0 aromatic rings. The number of rotatable bonds is 7. The Balaban J connectivity index is 4.39. The molecule has 6 nitrogen and oxygen atoms in total. The number of carbonyl (C=O) groups excluding carboxylic acids is 2. The second-order valence-corrected chi connectivity index (χ2v) is 3.81. The summed E-state index contributed by atoms with van der Waals surface area (Å²) in [6, 6.07) is 0. The van der Waals surface area contributed by atoms with E-state index in [-0.39, 0.29) is 19.3 Å². The summed E-state index contributed by atoms with van der Waals surface area (Å²) in [6.45, 7) is 1.51. The second-order valence-electron chi connectivity index (χ2n) is 3.81. The van der Waals surface area contributed by atoms with Crippen molar-refractivity contribution in [2.75, 3.05) is 14.2 Å². The molecular formula is C11H18O6. The van der Waals surface area contributed by atoms with Gasteiger partial charge in [0.25, 0.3) is 0 Å². The Kier molecular flexibility index (Phi) is 6.93. The minimum atomic E-state index is -0.975. The molecule has 6 heteroatoms. The van der Waals surface area contributed by atoms with Gasteiger partial charge in [0.1, 0.15) is 0 Å². The number of carbonyl (C=O) groups is 3. The molecule has 0 heterocycles. The van der Waals surface area contributed by atoms with Crippen LogP contribution in [0.25, 0.3) is 0 Å². The van der Waals surface area contributed by atoms with Crippen molar-refractivity contribution in [1.82, 2.24) is 0 Å². The van der Waals surface area contributed by atoms with E-state index in [2.05, 4.69) is 9.47 Å². The van der Waals surface area contributed by atoms with Gasteiger partial charge < -0.3 is 14.6 Å². The lowest BCUT2D eigenvalue weighted by Crippen LogP contribution is -2.23. The molecule has 0 rings (SSSR count). The Labute approximate surface area is 99.9 Å². The van der Waals surface area contributed by atoms with E-state index < -0.39 is 29.7 Å². The van der Waals surface area contributed by atoms with E-state index in [0.717, 1.165) is 0 Å². The van der Waals surface area contributed by atoms with Crippen LogP contribution in [0.3, 0.4) is 0 Å². The molecule has 0 saturated heterocycles. The topological polar surface area (TPSA) is 89.9 Å². The van der Waals surface area contributed by atoms with Crippen molar-refractivity contribution in [3.63, 3.8) is 0 Å². The number of carboxylic acid groups (broad SMARTS) is 1. The molecule has 2 atom stereocenters. The molecule has 0 radical (unpaired) electrons. The van der Waals surface area contributed by atoms with E-state index in [1.54, 1.807) is 0 Å². The predicted molar refractivity (Wildman–Crippen MR) is 58.2 cm³/mol. The summed E-state index contributed by atoms with van der Waals surface area (Å²) in [6.07, 6.45) is 0.457. The van der Waals surface area contributed by atoms with Crippen molar-refractivity contribution < 1.29 is 29.0 Å². The minimum Gasteiger partial charge on any atom is -0.481 e. The van der Waals surface area contributed by atoms with Gasteiger partial charge in [-0.05, 0) is 12.8 Å². The summed E-state index contributed by atoms with van der Waals surface area (Å²) in [5.41, 5.74) is 0. The van der Waals surface area contributed by atoms with E-state index in [4.69, 9.17) is 5.11 Å². The number of hydrogen-bond acceptors (Lipinski definition) is 5. The van der Waals surface area contributed by atoms with Gasteiger partial charge in [-0.25, -0.2) is 0 Å². The number of ether oxygens (including phenoxy) is 2. The van der Waals surface area contributed by atoms with Crippen LogP contribution in [0, 0.1) is 11.8 Å². The van der Waals surface area contributed by atoms with E-state index >= 15 is 0 Å². The molecule has 0 aromatic heterocycles. The number of aliphatic carboxylic acids is 1. The zero-order chi connectivity index (χ0) is 13.4. The lowest BCUT2D eigenvalue weighted by Gasteiger charge is -2.16. The standard InChI is InChI=1S/C11H18O6/c1-7(10(13)14)6-8(11(15)17-3)4-5-9(12)16-2/h7-8H,4-6H2,1-3H3,(H,13,14). The van der Waals surface area contributed by atoms with Gasteiger partial charge in [-0.3, -0.25) is 14.4 Å². The maximum absolute atomic E-state index is 11.4. The molecule has 17 heavy (non-hydrogen) atoms. The van der Waals surface area contributed by atoms with Crippen LogP contribution in [0.15, 0.2) is 0 Å². The van der Waals surface area contributed by atoms with Gasteiger partial charge in [-0.2, -0.15) is 0 Å². The number of methoxy groups -OCH3 is 2. The molecule has 2 unspecified atom stereocenters. The number of carboxylic acids is 1. The van der Waals surface area contributed by atoms with E-state index in [1.165, 1.54) is 21.1 Å². The van der Waals surface area contributed by atoms with Gasteiger partial charge in [0.2, 0.25) is 0 Å². The van der Waals surface area contributed by atoms with Gasteiger partial charge in [0.05, 0.1) is 26.1 Å². The Morgan fingerprint density at radius 3 is 2.18 bits per heavy atom. The maximum atomic E-state index is 11.4. The highest BCUT2D eigenvalue weighted by molar-refractivity contribution is 5.76. The van der Waals surface area contributed by atoms with Crippen LogP contribution in [-0.4, -0.2) is 37.2 Å². The SMILES string of the molecule is COC(=O)CCC(CC(C)C(=O)O)C(=O)OC. The summed E-state index contributed by atoms with van der Waals surface area (Å²) in [7, 11) is 2.49. The van der Waals surface area contributed by atoms with E-state index in [0.29, 0.717) is 0 Å². The highest BCUT2D eigenvalue weighted by Gasteiger charge is 2.25. The zero-order valence-electron chi connectivity index (χ0n) is 10.3. The maximum Gasteiger partial charge on any atom is 0.308 e. The normalized spacial score (nSPS) is 13.6. The molecule has 0 amide bonds. The molecule has 0 bridgehead atoms. The average molecular weight is 246 g/mol. The molecule has 98 valence electrons. The van der Waals surface area contributed by atoms with Gasteiger partial charge >= 0.3 is 17.9 Å². The van der Waals surface area contributed by atoms with Crippen LogP contribution in [0.5, 0.6) is 0 Å². The third-order valence-corrected chi connectivity index (χ3v) is 2.52. The van der Waals surface area contributed by atoms with Crippen LogP contribution < -0.4 is 0 Å². The largest absolute Gasteiger partial charge is 0.481 e. The highest BCUT2D eigenvalue weighted by Crippen LogP contribution is 2.19. The average Bonchev–Trinajstić information content (AvgIpc) is 2.32. The quantitative estimate of drug-likeness (QED) is 0.669. The summed E-state index contributed by atoms with van der Waals surface area (Å²) < 4.78 is 9.03. The second kappa shape index (κ2) is 7.65. The lowest BCUT2D eigenvalue weighted by atomic mass is 9.92. The molecule has 1 N–H and O–H groups in total. The van der Waals surface area contributed by atoms with Crippen LogP contribution in [0.4, 0.5) is 0 Å². The first-order valence-corrected chi connectivity index (χ1v) is 5.29. The Morgan fingerprint density at radius 1 is 1.18 bits per heavy atom. The van der Waals surface area contributed by atoms with Gasteiger partial charge in [-0.1, -0.05) is 6.92 Å². The lowest BCUT2D eigenvalue weighted by molar-refractivity contribution is -0.148. The molecule has 0 saturated carbocycles. The molecule has 0 aliphatic rings. The summed E-state index contributed by atoms with van der Waals surface area (Å²) in [4.78, 5) is 33.1. The smallest absolute Gasteiger partial charge is 0.308 e. The van der Waals surface area contributed by atoms with E-state index in [1.807, 2.05) is 0 Å². The first-order valence-electron chi connectivity index (χ1n) is 5.29. The van der Waals surface area contributed by atoms with Gasteiger partial charge in [0.15, 0.2) is 0 Å². The van der Waals surface area contributed by atoms with Crippen LogP contribution >= 0.6 is 0 Å². The molecule has 0 aliphatic carbocycles. The van der Waals surface area contributed by atoms with E-state index in [9.17, 15) is 14.4 Å². The Morgan fingerprint density at radius 2 is 1.76 bits per heavy atom. The van der Waals surface area contributed by atoms with Crippen LogP contribution in [0.2, 0.25) is 0 Å². The monoisotopic (exact) mass is 246 g/mol. The molecule has 0 aliphatic heterocycles. The van der Waals surface area contributed by atoms with Gasteiger partial charge in [-0.15, -0.1) is 0 Å².